The summed E-state index contributed by atoms with van der Waals surface area (Å²) in [5, 5.41) is 14.5. The highest BCUT2D eigenvalue weighted by Crippen LogP contribution is 2.47. The highest BCUT2D eigenvalue weighted by Gasteiger charge is 2.50. The van der Waals surface area contributed by atoms with Crippen molar-refractivity contribution in [1.82, 2.24) is 5.32 Å². The molecule has 2 heterocycles. The summed E-state index contributed by atoms with van der Waals surface area (Å²) in [4.78, 5) is 25.0. The van der Waals surface area contributed by atoms with Crippen LogP contribution in [-0.4, -0.2) is 16.7 Å². The van der Waals surface area contributed by atoms with Crippen LogP contribution in [-0.2, 0) is 0 Å². The third-order valence-corrected chi connectivity index (χ3v) is 5.36. The average Bonchev–Trinajstić information content (AvgIpc) is 2.57. The van der Waals surface area contributed by atoms with Crippen LogP contribution in [0.1, 0.15) is 30.5 Å². The number of hydrogen-bond acceptors (Lipinski definition) is 4. The highest BCUT2D eigenvalue weighted by molar-refractivity contribution is 6.31. The second-order valence-electron chi connectivity index (χ2n) is 6.68. The number of anilines is 1. The van der Waals surface area contributed by atoms with Crippen molar-refractivity contribution in [3.8, 4) is 5.75 Å². The first kappa shape index (κ1) is 16.7. The van der Waals surface area contributed by atoms with Gasteiger partial charge >= 0.3 is 6.03 Å². The molecule has 2 aromatic rings. The maximum Gasteiger partial charge on any atom is 0.325 e. The summed E-state index contributed by atoms with van der Waals surface area (Å²) >= 11 is 6.22. The fourth-order valence-electron chi connectivity index (χ4n) is 3.68. The number of halogens is 1. The van der Waals surface area contributed by atoms with Crippen molar-refractivity contribution in [2.24, 2.45) is 0 Å². The van der Waals surface area contributed by atoms with Gasteiger partial charge in [0.05, 0.1) is 16.7 Å². The Balaban J connectivity index is 1.81. The minimum atomic E-state index is -0.925. The fraction of sp³-hybridized carbons (Fsp3) is 0.278. The molecule has 7 nitrogen and oxygen atoms in total. The van der Waals surface area contributed by atoms with Crippen molar-refractivity contribution in [2.45, 2.75) is 32.0 Å². The van der Waals surface area contributed by atoms with Crippen LogP contribution in [0, 0.1) is 17.0 Å². The van der Waals surface area contributed by atoms with Crippen LogP contribution in [0.5, 0.6) is 5.75 Å². The van der Waals surface area contributed by atoms with Crippen molar-refractivity contribution in [3.05, 3.63) is 62.7 Å². The predicted molar refractivity (Wildman–Crippen MR) is 96.7 cm³/mol. The molecule has 0 spiro atoms. The first-order chi connectivity index (χ1) is 12.3. The van der Waals surface area contributed by atoms with Gasteiger partial charge in [-0.15, -0.1) is 0 Å². The Hall–Kier alpha value is -2.80. The fourth-order valence-corrected chi connectivity index (χ4v) is 3.85. The van der Waals surface area contributed by atoms with E-state index in [1.54, 1.807) is 23.1 Å². The summed E-state index contributed by atoms with van der Waals surface area (Å²) in [6.07, 6.45) is 0.457. The molecular weight excluding hydrogens is 358 g/mol. The van der Waals surface area contributed by atoms with E-state index in [9.17, 15) is 14.9 Å². The van der Waals surface area contributed by atoms with Gasteiger partial charge in [-0.3, -0.25) is 15.0 Å². The lowest BCUT2D eigenvalue weighted by Crippen LogP contribution is -2.65. The van der Waals surface area contributed by atoms with Gasteiger partial charge in [-0.2, -0.15) is 0 Å². The summed E-state index contributed by atoms with van der Waals surface area (Å²) in [6, 6.07) is 9.13. The van der Waals surface area contributed by atoms with Crippen LogP contribution in [0.4, 0.5) is 16.2 Å². The molecule has 0 radical (unpaired) electrons. The van der Waals surface area contributed by atoms with Crippen LogP contribution in [0.25, 0.3) is 0 Å². The molecule has 134 valence electrons. The minimum Gasteiger partial charge on any atom is -0.467 e. The van der Waals surface area contributed by atoms with Gasteiger partial charge < -0.3 is 10.1 Å². The SMILES string of the molecule is Cc1c(Cl)cccc1N1C(=O)N[C@H]2C[C@@]1(C)Oc1ccc([N+](=O)[O-])cc12. The molecular formula is C18H16ClN3O4. The molecule has 2 aliphatic rings. The maximum atomic E-state index is 12.9. The molecule has 1 fully saturated rings. The van der Waals surface area contributed by atoms with Gasteiger partial charge in [0.2, 0.25) is 0 Å². The molecule has 0 unspecified atom stereocenters. The molecule has 26 heavy (non-hydrogen) atoms. The van der Waals surface area contributed by atoms with Gasteiger partial charge in [0, 0.05) is 29.1 Å². The average molecular weight is 374 g/mol. The van der Waals surface area contributed by atoms with Gasteiger partial charge in [0.1, 0.15) is 5.75 Å². The number of non-ortho nitro benzene ring substituents is 1. The molecule has 8 heteroatoms. The molecule has 2 aromatic carbocycles. The number of carbonyl (C=O) groups is 1. The number of fused-ring (bicyclic) bond motifs is 4. The number of nitrogens with one attached hydrogen (secondary N) is 1. The van der Waals surface area contributed by atoms with E-state index in [-0.39, 0.29) is 17.8 Å². The van der Waals surface area contributed by atoms with Crippen LogP contribution >= 0.6 is 11.6 Å². The summed E-state index contributed by atoms with van der Waals surface area (Å²) in [6.45, 7) is 3.68. The topological polar surface area (TPSA) is 84.7 Å². The van der Waals surface area contributed by atoms with E-state index in [1.165, 1.54) is 12.1 Å². The van der Waals surface area contributed by atoms with Gasteiger partial charge in [0.25, 0.3) is 5.69 Å². The zero-order valence-electron chi connectivity index (χ0n) is 14.2. The summed E-state index contributed by atoms with van der Waals surface area (Å²) in [5.41, 5.74) is 1.11. The number of rotatable bonds is 2. The Labute approximate surface area is 154 Å². The number of carbonyl (C=O) groups excluding carboxylic acids is 1. The molecule has 1 saturated heterocycles. The van der Waals surface area contributed by atoms with Crippen LogP contribution in [0.3, 0.4) is 0 Å². The minimum absolute atomic E-state index is 0.0293. The third kappa shape index (κ3) is 2.39. The lowest BCUT2D eigenvalue weighted by molar-refractivity contribution is -0.385. The largest absolute Gasteiger partial charge is 0.467 e. The van der Waals surface area contributed by atoms with Crippen molar-refractivity contribution in [1.29, 1.82) is 0 Å². The number of hydrogen-bond donors (Lipinski definition) is 1. The first-order valence-electron chi connectivity index (χ1n) is 8.13. The van der Waals surface area contributed by atoms with Crippen molar-refractivity contribution in [2.75, 3.05) is 4.90 Å². The Bertz CT molecular complexity index is 948. The van der Waals surface area contributed by atoms with Crippen molar-refractivity contribution in [3.63, 3.8) is 0 Å². The van der Waals surface area contributed by atoms with Crippen LogP contribution < -0.4 is 15.0 Å². The monoisotopic (exact) mass is 373 g/mol. The smallest absolute Gasteiger partial charge is 0.325 e. The Morgan fingerprint density at radius 3 is 2.88 bits per heavy atom. The Morgan fingerprint density at radius 2 is 2.15 bits per heavy atom. The molecule has 4 rings (SSSR count). The van der Waals surface area contributed by atoms with E-state index in [4.69, 9.17) is 16.3 Å². The number of ether oxygens (including phenoxy) is 1. The highest BCUT2D eigenvalue weighted by atomic mass is 35.5. The second-order valence-corrected chi connectivity index (χ2v) is 7.09. The summed E-state index contributed by atoms with van der Waals surface area (Å²) < 4.78 is 6.16. The summed E-state index contributed by atoms with van der Waals surface area (Å²) in [5.74, 6) is 0.527. The molecule has 1 N–H and O–H groups in total. The maximum absolute atomic E-state index is 12.9. The third-order valence-electron chi connectivity index (χ3n) is 4.95. The number of amides is 2. The van der Waals surface area contributed by atoms with E-state index in [0.29, 0.717) is 28.4 Å². The number of urea groups is 1. The Kier molecular flexibility index (Phi) is 3.59. The molecule has 2 amide bonds. The van der Waals surface area contributed by atoms with E-state index in [0.717, 1.165) is 5.56 Å². The number of nitrogens with zero attached hydrogens (tertiary/aromatic N) is 2. The predicted octanol–water partition coefficient (Wildman–Crippen LogP) is 4.33. The van der Waals surface area contributed by atoms with Gasteiger partial charge in [-0.1, -0.05) is 17.7 Å². The quantitative estimate of drug-likeness (QED) is 0.627. The van der Waals surface area contributed by atoms with Gasteiger partial charge in [-0.05, 0) is 37.6 Å². The molecule has 2 bridgehead atoms. The molecule has 0 saturated carbocycles. The number of benzene rings is 2. The van der Waals surface area contributed by atoms with E-state index >= 15 is 0 Å². The normalized spacial score (nSPS) is 23.7. The molecule has 0 aromatic heterocycles. The lowest BCUT2D eigenvalue weighted by Gasteiger charge is -2.50. The van der Waals surface area contributed by atoms with Gasteiger partial charge in [0.15, 0.2) is 5.72 Å². The summed E-state index contributed by atoms with van der Waals surface area (Å²) in [7, 11) is 0. The molecule has 2 aliphatic heterocycles. The van der Waals surface area contributed by atoms with Crippen LogP contribution in [0.2, 0.25) is 5.02 Å². The first-order valence-corrected chi connectivity index (χ1v) is 8.51. The van der Waals surface area contributed by atoms with Crippen molar-refractivity contribution >= 4 is 29.0 Å². The van der Waals surface area contributed by atoms with Crippen molar-refractivity contribution < 1.29 is 14.5 Å². The van der Waals surface area contributed by atoms with E-state index in [1.807, 2.05) is 19.9 Å². The zero-order chi connectivity index (χ0) is 18.6. The molecule has 0 aliphatic carbocycles. The van der Waals surface area contributed by atoms with E-state index in [2.05, 4.69) is 5.32 Å². The van der Waals surface area contributed by atoms with Crippen LogP contribution in [0.15, 0.2) is 36.4 Å². The molecule has 2 atom stereocenters. The number of nitro groups is 1. The number of nitro benzene ring substituents is 1. The standard InChI is InChI=1S/C18H16ClN3O4/c1-10-13(19)4-3-5-15(10)21-17(23)20-14-9-18(21,2)26-16-7-6-11(22(24)25)8-12(14)16/h3-8,14H,9H2,1-2H3,(H,20,23)/t14-,18+/m0/s1. The van der Waals surface area contributed by atoms with E-state index < -0.39 is 10.6 Å². The zero-order valence-corrected chi connectivity index (χ0v) is 14.9. The second kappa shape index (κ2) is 5.60. The Morgan fingerprint density at radius 1 is 1.38 bits per heavy atom. The van der Waals surface area contributed by atoms with Gasteiger partial charge in [-0.25, -0.2) is 4.79 Å². The lowest BCUT2D eigenvalue weighted by atomic mass is 9.89.